The van der Waals surface area contributed by atoms with Gasteiger partial charge >= 0.3 is 12.0 Å². The zero-order valence-corrected chi connectivity index (χ0v) is 10.8. The van der Waals surface area contributed by atoms with E-state index < -0.39 is 18.0 Å². The molecule has 1 heterocycles. The summed E-state index contributed by atoms with van der Waals surface area (Å²) >= 11 is 1.60. The van der Waals surface area contributed by atoms with Gasteiger partial charge in [0.2, 0.25) is 0 Å². The number of rotatable bonds is 4. The summed E-state index contributed by atoms with van der Waals surface area (Å²) in [4.78, 5) is 24.2. The smallest absolute Gasteiger partial charge is 0.325 e. The molecule has 5 nitrogen and oxygen atoms in total. The Hall–Kier alpha value is -1.56. The van der Waals surface area contributed by atoms with Crippen molar-refractivity contribution in [2.24, 2.45) is 0 Å². The number of nitrogens with one attached hydrogen (secondary N) is 2. The van der Waals surface area contributed by atoms with Crippen LogP contribution in [0.15, 0.2) is 12.1 Å². The number of urea groups is 1. The Labute approximate surface area is 104 Å². The summed E-state index contributed by atoms with van der Waals surface area (Å²) in [7, 11) is 0. The van der Waals surface area contributed by atoms with Crippen LogP contribution in [-0.2, 0) is 4.79 Å². The van der Waals surface area contributed by atoms with Gasteiger partial charge in [-0.2, -0.15) is 0 Å². The fraction of sp³-hybridized carbons (Fsp3) is 0.455. The van der Waals surface area contributed by atoms with Crippen LogP contribution in [0.3, 0.4) is 0 Å². The molecule has 1 aromatic rings. The first-order chi connectivity index (χ1) is 7.90. The molecule has 94 valence electrons. The number of carboxylic acid groups (broad SMARTS) is 1. The summed E-state index contributed by atoms with van der Waals surface area (Å²) in [6, 6.07) is 2.43. The Balaban J connectivity index is 2.49. The van der Waals surface area contributed by atoms with Gasteiger partial charge in [0.1, 0.15) is 6.04 Å². The molecule has 0 fully saturated rings. The number of thiophene rings is 1. The van der Waals surface area contributed by atoms with Crippen LogP contribution >= 0.6 is 11.3 Å². The van der Waals surface area contributed by atoms with E-state index in [1.165, 1.54) is 11.8 Å². The van der Waals surface area contributed by atoms with Crippen LogP contribution in [0.1, 0.15) is 29.6 Å². The molecule has 0 aliphatic rings. The lowest BCUT2D eigenvalue weighted by molar-refractivity contribution is -0.138. The normalized spacial score (nSPS) is 13.8. The fourth-order valence-electron chi connectivity index (χ4n) is 1.25. The van der Waals surface area contributed by atoms with E-state index in [0.29, 0.717) is 0 Å². The summed E-state index contributed by atoms with van der Waals surface area (Å²) < 4.78 is 0. The molecule has 0 saturated carbocycles. The van der Waals surface area contributed by atoms with Crippen molar-refractivity contribution in [3.05, 3.63) is 21.9 Å². The van der Waals surface area contributed by atoms with Gasteiger partial charge in [0.25, 0.3) is 0 Å². The Morgan fingerprint density at radius 2 is 1.94 bits per heavy atom. The molecule has 3 N–H and O–H groups in total. The third-order valence-corrected chi connectivity index (χ3v) is 3.44. The number of aliphatic carboxylic acids is 1. The van der Waals surface area contributed by atoms with Crippen LogP contribution in [0.4, 0.5) is 4.79 Å². The van der Waals surface area contributed by atoms with E-state index in [-0.39, 0.29) is 6.04 Å². The number of hydrogen-bond acceptors (Lipinski definition) is 3. The SMILES string of the molecule is Cc1ccc(C(C)NC(=O)NC(C)C(=O)O)s1. The minimum Gasteiger partial charge on any atom is -0.480 e. The average Bonchev–Trinajstić information content (AvgIpc) is 2.64. The van der Waals surface area contributed by atoms with Crippen molar-refractivity contribution in [1.29, 1.82) is 0 Å². The number of carboxylic acids is 1. The first-order valence-electron chi connectivity index (χ1n) is 5.26. The van der Waals surface area contributed by atoms with Crippen molar-refractivity contribution in [3.63, 3.8) is 0 Å². The van der Waals surface area contributed by atoms with Crippen LogP contribution in [0.2, 0.25) is 0 Å². The molecule has 0 saturated heterocycles. The molecule has 1 rings (SSSR count). The highest BCUT2D eigenvalue weighted by atomic mass is 32.1. The second-order valence-corrected chi connectivity index (χ2v) is 5.17. The Morgan fingerprint density at radius 1 is 1.29 bits per heavy atom. The molecule has 1 aromatic heterocycles. The van der Waals surface area contributed by atoms with Crippen molar-refractivity contribution < 1.29 is 14.7 Å². The second-order valence-electron chi connectivity index (χ2n) is 3.85. The molecule has 0 radical (unpaired) electrons. The maximum atomic E-state index is 11.5. The number of amides is 2. The maximum Gasteiger partial charge on any atom is 0.325 e. The zero-order chi connectivity index (χ0) is 13.0. The van der Waals surface area contributed by atoms with Gasteiger partial charge in [-0.1, -0.05) is 0 Å². The zero-order valence-electron chi connectivity index (χ0n) is 9.98. The van der Waals surface area contributed by atoms with Gasteiger partial charge in [0.05, 0.1) is 6.04 Å². The van der Waals surface area contributed by atoms with Crippen molar-refractivity contribution in [2.45, 2.75) is 32.9 Å². The predicted molar refractivity (Wildman–Crippen MR) is 66.2 cm³/mol. The summed E-state index contributed by atoms with van der Waals surface area (Å²) in [5.41, 5.74) is 0. The first kappa shape index (κ1) is 13.5. The van der Waals surface area contributed by atoms with E-state index in [1.807, 2.05) is 26.0 Å². The van der Waals surface area contributed by atoms with Crippen molar-refractivity contribution in [3.8, 4) is 0 Å². The molecule has 2 unspecified atom stereocenters. The third kappa shape index (κ3) is 4.07. The first-order valence-corrected chi connectivity index (χ1v) is 6.08. The van der Waals surface area contributed by atoms with Gasteiger partial charge in [0.15, 0.2) is 0 Å². The van der Waals surface area contributed by atoms with Crippen LogP contribution in [0, 0.1) is 6.92 Å². The minimum absolute atomic E-state index is 0.130. The summed E-state index contributed by atoms with van der Waals surface area (Å²) in [6.45, 7) is 5.27. The highest BCUT2D eigenvalue weighted by molar-refractivity contribution is 7.12. The average molecular weight is 256 g/mol. The van der Waals surface area contributed by atoms with E-state index in [1.54, 1.807) is 11.3 Å². The number of hydrogen-bond donors (Lipinski definition) is 3. The molecule has 0 aliphatic heterocycles. The highest BCUT2D eigenvalue weighted by Gasteiger charge is 2.16. The molecule has 0 aliphatic carbocycles. The Bertz CT molecular complexity index is 417. The third-order valence-electron chi connectivity index (χ3n) is 2.25. The lowest BCUT2D eigenvalue weighted by Crippen LogP contribution is -2.44. The van der Waals surface area contributed by atoms with Gasteiger partial charge < -0.3 is 15.7 Å². The quantitative estimate of drug-likeness (QED) is 0.769. The van der Waals surface area contributed by atoms with Gasteiger partial charge in [0, 0.05) is 9.75 Å². The molecule has 0 aromatic carbocycles. The van der Waals surface area contributed by atoms with E-state index in [2.05, 4.69) is 10.6 Å². The fourth-order valence-corrected chi connectivity index (χ4v) is 2.13. The number of aryl methyl sites for hydroxylation is 1. The summed E-state index contributed by atoms with van der Waals surface area (Å²) in [5.74, 6) is -1.06. The van der Waals surface area contributed by atoms with Crippen LogP contribution in [0.5, 0.6) is 0 Å². The standard InChI is InChI=1S/C11H16N2O3S/c1-6-4-5-9(17-6)7(2)12-11(16)13-8(3)10(14)15/h4-5,7-8H,1-3H3,(H,14,15)(H2,12,13,16). The lowest BCUT2D eigenvalue weighted by Gasteiger charge is -2.15. The molecule has 0 spiro atoms. The van der Waals surface area contributed by atoms with Crippen molar-refractivity contribution in [1.82, 2.24) is 10.6 Å². The topological polar surface area (TPSA) is 78.4 Å². The summed E-state index contributed by atoms with van der Waals surface area (Å²) in [5, 5.41) is 13.7. The number of carbonyl (C=O) groups is 2. The predicted octanol–water partition coefficient (Wildman–Crippen LogP) is 1.89. The molecule has 2 atom stereocenters. The van der Waals surface area contributed by atoms with Gasteiger partial charge in [-0.15, -0.1) is 11.3 Å². The van der Waals surface area contributed by atoms with Crippen molar-refractivity contribution >= 4 is 23.3 Å². The van der Waals surface area contributed by atoms with E-state index in [4.69, 9.17) is 5.11 Å². The molecule has 2 amide bonds. The van der Waals surface area contributed by atoms with Gasteiger partial charge in [-0.25, -0.2) is 4.79 Å². The lowest BCUT2D eigenvalue weighted by atomic mass is 10.3. The summed E-state index contributed by atoms with van der Waals surface area (Å²) in [6.07, 6.45) is 0. The van der Waals surface area contributed by atoms with Crippen molar-refractivity contribution in [2.75, 3.05) is 0 Å². The Kier molecular flexibility index (Phi) is 4.51. The van der Waals surface area contributed by atoms with Crippen LogP contribution in [-0.4, -0.2) is 23.1 Å². The molecule has 6 heteroatoms. The molecular weight excluding hydrogens is 240 g/mol. The largest absolute Gasteiger partial charge is 0.480 e. The van der Waals surface area contributed by atoms with E-state index >= 15 is 0 Å². The van der Waals surface area contributed by atoms with Crippen LogP contribution in [0.25, 0.3) is 0 Å². The monoisotopic (exact) mass is 256 g/mol. The Morgan fingerprint density at radius 3 is 2.41 bits per heavy atom. The van der Waals surface area contributed by atoms with Crippen LogP contribution < -0.4 is 10.6 Å². The highest BCUT2D eigenvalue weighted by Crippen LogP contribution is 2.21. The number of carbonyl (C=O) groups excluding carboxylic acids is 1. The maximum absolute atomic E-state index is 11.5. The van der Waals surface area contributed by atoms with E-state index in [0.717, 1.165) is 4.88 Å². The van der Waals surface area contributed by atoms with E-state index in [9.17, 15) is 9.59 Å². The van der Waals surface area contributed by atoms with Gasteiger partial charge in [-0.05, 0) is 32.9 Å². The molecular formula is C11H16N2O3S. The molecule has 0 bridgehead atoms. The minimum atomic E-state index is -1.06. The molecule has 17 heavy (non-hydrogen) atoms. The van der Waals surface area contributed by atoms with Gasteiger partial charge in [-0.3, -0.25) is 4.79 Å². The second kappa shape index (κ2) is 5.67.